The van der Waals surface area contributed by atoms with Gasteiger partial charge in [-0.3, -0.25) is 9.59 Å². The highest BCUT2D eigenvalue weighted by molar-refractivity contribution is 6.00. The van der Waals surface area contributed by atoms with Gasteiger partial charge in [0, 0.05) is 0 Å². The summed E-state index contributed by atoms with van der Waals surface area (Å²) in [4.78, 5) is 26.3. The Labute approximate surface area is 109 Å². The van der Waals surface area contributed by atoms with Crippen LogP contribution in [0.25, 0.3) is 0 Å². The minimum Gasteiger partial charge on any atom is -0.340 e. The van der Waals surface area contributed by atoms with E-state index in [2.05, 4.69) is 11.2 Å². The number of nitrogens with one attached hydrogen (secondary N) is 1. The van der Waals surface area contributed by atoms with E-state index in [4.69, 9.17) is 6.42 Å². The molecule has 2 amide bonds. The van der Waals surface area contributed by atoms with Crippen LogP contribution in [-0.4, -0.2) is 34.3 Å². The molecule has 1 aliphatic heterocycles. The Morgan fingerprint density at radius 3 is 2.39 bits per heavy atom. The van der Waals surface area contributed by atoms with Crippen LogP contribution in [0.3, 0.4) is 0 Å². The van der Waals surface area contributed by atoms with E-state index in [1.807, 2.05) is 20.8 Å². The van der Waals surface area contributed by atoms with E-state index in [0.717, 1.165) is 0 Å². The topological polar surface area (TPSA) is 49.4 Å². The van der Waals surface area contributed by atoms with Gasteiger partial charge in [0.15, 0.2) is 0 Å². The van der Waals surface area contributed by atoms with Gasteiger partial charge in [0.25, 0.3) is 0 Å². The number of carbonyl (C=O) groups is 2. The van der Waals surface area contributed by atoms with Crippen LogP contribution in [0, 0.1) is 18.3 Å². The van der Waals surface area contributed by atoms with Gasteiger partial charge in [-0.05, 0) is 26.2 Å². The van der Waals surface area contributed by atoms with Crippen molar-refractivity contribution in [1.82, 2.24) is 10.2 Å². The summed E-state index contributed by atoms with van der Waals surface area (Å²) in [5, 5.41) is 2.83. The van der Waals surface area contributed by atoms with Crippen molar-refractivity contribution in [2.45, 2.75) is 58.7 Å². The molecule has 0 aromatic carbocycles. The lowest BCUT2D eigenvalue weighted by atomic mass is 9.87. The number of piperazine rings is 1. The number of amides is 2. The second-order valence-electron chi connectivity index (χ2n) is 5.42. The Morgan fingerprint density at radius 1 is 1.44 bits per heavy atom. The van der Waals surface area contributed by atoms with Gasteiger partial charge in [-0.25, -0.2) is 0 Å². The summed E-state index contributed by atoms with van der Waals surface area (Å²) in [6.07, 6.45) is 5.98. The van der Waals surface area contributed by atoms with E-state index >= 15 is 0 Å². The molecule has 0 spiro atoms. The minimum absolute atomic E-state index is 0.0335. The standard InChI is InChI=1S/C14H22N2O2/c1-7-10(5)16-11(9(3)4)12(17)15-14(6,8-2)13(16)18/h1,9-11H,8H2,2-6H3,(H,15,17). The van der Waals surface area contributed by atoms with Gasteiger partial charge in [0.2, 0.25) is 11.8 Å². The number of terminal acetylenes is 1. The molecule has 3 unspecified atom stereocenters. The maximum Gasteiger partial charge on any atom is 0.249 e. The average Bonchev–Trinajstić information content (AvgIpc) is 2.31. The largest absolute Gasteiger partial charge is 0.340 e. The van der Waals surface area contributed by atoms with Gasteiger partial charge in [-0.2, -0.15) is 0 Å². The molecule has 0 radical (unpaired) electrons. The molecule has 0 aromatic rings. The fraction of sp³-hybridized carbons (Fsp3) is 0.714. The molecule has 4 heteroatoms. The molecule has 3 atom stereocenters. The Balaban J connectivity index is 3.22. The van der Waals surface area contributed by atoms with Crippen LogP contribution in [0.5, 0.6) is 0 Å². The molecule has 0 aliphatic carbocycles. The molecule has 18 heavy (non-hydrogen) atoms. The van der Waals surface area contributed by atoms with Crippen LogP contribution in [0.2, 0.25) is 0 Å². The summed E-state index contributed by atoms with van der Waals surface area (Å²) in [7, 11) is 0. The maximum atomic E-state index is 12.6. The third-order valence-electron chi connectivity index (χ3n) is 3.67. The zero-order valence-electron chi connectivity index (χ0n) is 11.8. The monoisotopic (exact) mass is 250 g/mol. The highest BCUT2D eigenvalue weighted by Gasteiger charge is 2.49. The molecule has 0 aromatic heterocycles. The van der Waals surface area contributed by atoms with Crippen molar-refractivity contribution in [2.75, 3.05) is 0 Å². The lowest BCUT2D eigenvalue weighted by Crippen LogP contribution is -2.71. The quantitative estimate of drug-likeness (QED) is 0.764. The van der Waals surface area contributed by atoms with Crippen molar-refractivity contribution in [3.8, 4) is 12.3 Å². The summed E-state index contributed by atoms with van der Waals surface area (Å²) < 4.78 is 0. The highest BCUT2D eigenvalue weighted by atomic mass is 16.2. The first-order valence-corrected chi connectivity index (χ1v) is 6.39. The van der Waals surface area contributed by atoms with Crippen LogP contribution >= 0.6 is 0 Å². The highest BCUT2D eigenvalue weighted by Crippen LogP contribution is 2.26. The lowest BCUT2D eigenvalue weighted by molar-refractivity contribution is -0.157. The predicted octanol–water partition coefficient (Wildman–Crippen LogP) is 1.16. The summed E-state index contributed by atoms with van der Waals surface area (Å²) in [6.45, 7) is 9.25. The van der Waals surface area contributed by atoms with E-state index < -0.39 is 11.6 Å². The predicted molar refractivity (Wildman–Crippen MR) is 70.6 cm³/mol. The molecule has 1 fully saturated rings. The van der Waals surface area contributed by atoms with Crippen LogP contribution in [0.15, 0.2) is 0 Å². The smallest absolute Gasteiger partial charge is 0.249 e. The molecule has 0 bridgehead atoms. The SMILES string of the molecule is C#CC(C)N1C(=O)C(C)(CC)NC(=O)C1C(C)C. The first kappa shape index (κ1) is 14.6. The first-order chi connectivity index (χ1) is 8.28. The minimum atomic E-state index is -0.840. The average molecular weight is 250 g/mol. The van der Waals surface area contributed by atoms with E-state index in [1.54, 1.807) is 18.7 Å². The zero-order chi connectivity index (χ0) is 14.1. The van der Waals surface area contributed by atoms with Crippen LogP contribution in [0.4, 0.5) is 0 Å². The van der Waals surface area contributed by atoms with Gasteiger partial charge in [-0.1, -0.05) is 26.7 Å². The summed E-state index contributed by atoms with van der Waals surface area (Å²) in [6, 6.07) is -0.856. The van der Waals surface area contributed by atoms with Crippen molar-refractivity contribution in [1.29, 1.82) is 0 Å². The second kappa shape index (κ2) is 5.01. The number of hydrogen-bond acceptors (Lipinski definition) is 2. The van der Waals surface area contributed by atoms with E-state index in [0.29, 0.717) is 6.42 Å². The third kappa shape index (κ3) is 2.22. The summed E-state index contributed by atoms with van der Waals surface area (Å²) in [5.74, 6) is 2.39. The third-order valence-corrected chi connectivity index (χ3v) is 3.67. The van der Waals surface area contributed by atoms with E-state index in [9.17, 15) is 9.59 Å². The normalized spacial score (nSPS) is 30.1. The molecular weight excluding hydrogens is 228 g/mol. The fourth-order valence-electron chi connectivity index (χ4n) is 2.30. The Morgan fingerprint density at radius 2 is 2.00 bits per heavy atom. The Kier molecular flexibility index (Phi) is 4.05. The van der Waals surface area contributed by atoms with E-state index in [1.165, 1.54) is 0 Å². The molecule has 1 saturated heterocycles. The first-order valence-electron chi connectivity index (χ1n) is 6.39. The fourth-order valence-corrected chi connectivity index (χ4v) is 2.30. The van der Waals surface area contributed by atoms with Crippen LogP contribution < -0.4 is 5.32 Å². The van der Waals surface area contributed by atoms with Gasteiger partial charge in [-0.15, -0.1) is 6.42 Å². The molecule has 1 rings (SSSR count). The van der Waals surface area contributed by atoms with Crippen LogP contribution in [-0.2, 0) is 9.59 Å². The zero-order valence-corrected chi connectivity index (χ0v) is 11.8. The molecule has 4 nitrogen and oxygen atoms in total. The Bertz CT molecular complexity index is 397. The second-order valence-corrected chi connectivity index (χ2v) is 5.42. The van der Waals surface area contributed by atoms with Gasteiger partial charge >= 0.3 is 0 Å². The molecular formula is C14H22N2O2. The molecule has 1 N–H and O–H groups in total. The summed E-state index contributed by atoms with van der Waals surface area (Å²) in [5.41, 5.74) is -0.840. The van der Waals surface area contributed by atoms with Crippen molar-refractivity contribution in [2.24, 2.45) is 5.92 Å². The van der Waals surface area contributed by atoms with Crippen molar-refractivity contribution < 1.29 is 9.59 Å². The maximum absolute atomic E-state index is 12.6. The number of carbonyl (C=O) groups excluding carboxylic acids is 2. The lowest BCUT2D eigenvalue weighted by Gasteiger charge is -2.46. The van der Waals surface area contributed by atoms with Gasteiger partial charge in [0.05, 0.1) is 6.04 Å². The van der Waals surface area contributed by atoms with Crippen molar-refractivity contribution in [3.05, 3.63) is 0 Å². The molecule has 1 aliphatic rings. The van der Waals surface area contributed by atoms with Crippen molar-refractivity contribution >= 4 is 11.8 Å². The van der Waals surface area contributed by atoms with E-state index in [-0.39, 0.29) is 23.8 Å². The van der Waals surface area contributed by atoms with Gasteiger partial charge < -0.3 is 10.2 Å². The number of nitrogens with zero attached hydrogens (tertiary/aromatic N) is 1. The van der Waals surface area contributed by atoms with Gasteiger partial charge in [0.1, 0.15) is 11.6 Å². The molecule has 100 valence electrons. The summed E-state index contributed by atoms with van der Waals surface area (Å²) >= 11 is 0. The van der Waals surface area contributed by atoms with Crippen molar-refractivity contribution in [3.63, 3.8) is 0 Å². The van der Waals surface area contributed by atoms with Crippen LogP contribution in [0.1, 0.15) is 41.0 Å². The number of rotatable bonds is 3. The molecule has 1 heterocycles. The Hall–Kier alpha value is -1.50. The number of hydrogen-bond donors (Lipinski definition) is 1. The molecule has 0 saturated carbocycles.